The highest BCUT2D eigenvalue weighted by Crippen LogP contribution is 2.63. The average molecular weight is 229 g/mol. The van der Waals surface area contributed by atoms with E-state index in [2.05, 4.69) is 16.2 Å². The minimum Gasteiger partial charge on any atom is -0.472 e. The zero-order chi connectivity index (χ0) is 12.0. The molecule has 1 fully saturated rings. The largest absolute Gasteiger partial charge is 0.472 e. The Morgan fingerprint density at radius 2 is 2.29 bits per heavy atom. The number of nitrogens with zero attached hydrogens (tertiary/aromatic N) is 3. The first-order chi connectivity index (χ1) is 8.14. The van der Waals surface area contributed by atoms with E-state index in [-0.39, 0.29) is 17.3 Å². The summed E-state index contributed by atoms with van der Waals surface area (Å²) in [5.41, 5.74) is 0.710. The van der Waals surface area contributed by atoms with Crippen LogP contribution in [0.15, 0.2) is 27.5 Å². The van der Waals surface area contributed by atoms with Gasteiger partial charge in [-0.2, -0.15) is 10.2 Å². The molecule has 0 bridgehead atoms. The van der Waals surface area contributed by atoms with Gasteiger partial charge in [-0.15, -0.1) is 0 Å². The first-order valence-electron chi connectivity index (χ1n) is 5.40. The first-order valence-corrected chi connectivity index (χ1v) is 5.40. The SMILES string of the molecule is CC1(C)C(C#N)C1c1nc(-c2ccoc2)no1. The van der Waals surface area contributed by atoms with Gasteiger partial charge < -0.3 is 8.94 Å². The summed E-state index contributed by atoms with van der Waals surface area (Å²) in [5.74, 6) is 1.05. The molecular weight excluding hydrogens is 218 g/mol. The third-order valence-electron chi connectivity index (χ3n) is 3.45. The van der Waals surface area contributed by atoms with Crippen LogP contribution in [0.2, 0.25) is 0 Å². The van der Waals surface area contributed by atoms with Crippen molar-refractivity contribution in [3.05, 3.63) is 24.5 Å². The molecule has 5 heteroatoms. The van der Waals surface area contributed by atoms with Crippen LogP contribution in [0.25, 0.3) is 11.4 Å². The predicted molar refractivity (Wildman–Crippen MR) is 57.6 cm³/mol. The maximum Gasteiger partial charge on any atom is 0.232 e. The smallest absolute Gasteiger partial charge is 0.232 e. The standard InChI is InChI=1S/C12H11N3O2/c1-12(2)8(5-13)9(12)11-14-10(15-17-11)7-3-4-16-6-7/h3-4,6,8-9H,1-2H3. The quantitative estimate of drug-likeness (QED) is 0.791. The van der Waals surface area contributed by atoms with Crippen molar-refractivity contribution in [1.29, 1.82) is 5.26 Å². The van der Waals surface area contributed by atoms with Gasteiger partial charge in [-0.3, -0.25) is 0 Å². The molecule has 0 spiro atoms. The summed E-state index contributed by atoms with van der Waals surface area (Å²) < 4.78 is 10.2. The normalized spacial score (nSPS) is 25.5. The Morgan fingerprint density at radius 3 is 2.88 bits per heavy atom. The summed E-state index contributed by atoms with van der Waals surface area (Å²) in [7, 11) is 0. The van der Waals surface area contributed by atoms with E-state index < -0.39 is 0 Å². The summed E-state index contributed by atoms with van der Waals surface area (Å²) in [4.78, 5) is 4.32. The van der Waals surface area contributed by atoms with Gasteiger partial charge in [0.15, 0.2) is 0 Å². The van der Waals surface area contributed by atoms with Crippen molar-refractivity contribution in [3.8, 4) is 17.5 Å². The Bertz CT molecular complexity index is 577. The topological polar surface area (TPSA) is 75.8 Å². The lowest BCUT2D eigenvalue weighted by Gasteiger charge is -1.95. The van der Waals surface area contributed by atoms with Gasteiger partial charge in [0.25, 0.3) is 0 Å². The Hall–Kier alpha value is -2.09. The summed E-state index contributed by atoms with van der Waals surface area (Å²) >= 11 is 0. The highest BCUT2D eigenvalue weighted by Gasteiger charge is 2.62. The summed E-state index contributed by atoms with van der Waals surface area (Å²) in [6, 6.07) is 4.05. The fraction of sp³-hybridized carbons (Fsp3) is 0.417. The van der Waals surface area contributed by atoms with E-state index >= 15 is 0 Å². The minimum atomic E-state index is -0.0745. The highest BCUT2D eigenvalue weighted by molar-refractivity contribution is 5.51. The second kappa shape index (κ2) is 3.20. The molecule has 3 rings (SSSR count). The van der Waals surface area contributed by atoms with Gasteiger partial charge in [0.2, 0.25) is 11.7 Å². The van der Waals surface area contributed by atoms with Crippen LogP contribution in [-0.4, -0.2) is 10.1 Å². The monoisotopic (exact) mass is 229 g/mol. The van der Waals surface area contributed by atoms with Crippen molar-refractivity contribution in [2.75, 3.05) is 0 Å². The summed E-state index contributed by atoms with van der Waals surface area (Å²) in [6.45, 7) is 4.07. The number of nitriles is 1. The number of rotatable bonds is 2. The molecule has 0 aliphatic heterocycles. The second-order valence-corrected chi connectivity index (χ2v) is 4.87. The molecule has 2 heterocycles. The maximum atomic E-state index is 9.01. The van der Waals surface area contributed by atoms with E-state index in [4.69, 9.17) is 14.2 Å². The van der Waals surface area contributed by atoms with Crippen molar-refractivity contribution in [2.45, 2.75) is 19.8 Å². The van der Waals surface area contributed by atoms with Crippen molar-refractivity contribution < 1.29 is 8.94 Å². The minimum absolute atomic E-state index is 0.0415. The molecule has 5 nitrogen and oxygen atoms in total. The van der Waals surface area contributed by atoms with E-state index in [0.29, 0.717) is 11.7 Å². The van der Waals surface area contributed by atoms with Gasteiger partial charge in [-0.05, 0) is 11.5 Å². The fourth-order valence-electron chi connectivity index (χ4n) is 2.21. The zero-order valence-corrected chi connectivity index (χ0v) is 9.54. The van der Waals surface area contributed by atoms with Crippen LogP contribution in [0.5, 0.6) is 0 Å². The first kappa shape index (κ1) is 10.1. The van der Waals surface area contributed by atoms with Gasteiger partial charge in [-0.25, -0.2) is 0 Å². The molecule has 1 aliphatic carbocycles. The highest BCUT2D eigenvalue weighted by atomic mass is 16.5. The molecule has 1 aliphatic rings. The molecule has 86 valence electrons. The van der Waals surface area contributed by atoms with Crippen molar-refractivity contribution in [2.24, 2.45) is 11.3 Å². The Labute approximate surface area is 98.0 Å². The molecule has 1 saturated carbocycles. The third-order valence-corrected chi connectivity index (χ3v) is 3.45. The van der Waals surface area contributed by atoms with E-state index in [1.807, 2.05) is 13.8 Å². The van der Waals surface area contributed by atoms with E-state index in [0.717, 1.165) is 5.56 Å². The van der Waals surface area contributed by atoms with Crippen LogP contribution in [0, 0.1) is 22.7 Å². The number of hydrogen-bond acceptors (Lipinski definition) is 5. The van der Waals surface area contributed by atoms with Gasteiger partial charge in [-0.1, -0.05) is 19.0 Å². The molecule has 2 atom stereocenters. The van der Waals surface area contributed by atoms with Crippen LogP contribution in [0.1, 0.15) is 25.7 Å². The van der Waals surface area contributed by atoms with E-state index in [9.17, 15) is 0 Å². The number of furan rings is 1. The van der Waals surface area contributed by atoms with Crippen LogP contribution >= 0.6 is 0 Å². The fourth-order valence-corrected chi connectivity index (χ4v) is 2.21. The second-order valence-electron chi connectivity index (χ2n) is 4.87. The van der Waals surface area contributed by atoms with Crippen LogP contribution in [-0.2, 0) is 0 Å². The summed E-state index contributed by atoms with van der Waals surface area (Å²) in [6.07, 6.45) is 3.12. The molecular formula is C12H11N3O2. The van der Waals surface area contributed by atoms with Crippen LogP contribution in [0.3, 0.4) is 0 Å². The molecule has 0 saturated heterocycles. The molecule has 2 aromatic heterocycles. The van der Waals surface area contributed by atoms with Crippen molar-refractivity contribution in [3.63, 3.8) is 0 Å². The van der Waals surface area contributed by atoms with Crippen LogP contribution in [0.4, 0.5) is 0 Å². The lowest BCUT2D eigenvalue weighted by atomic mass is 10.1. The van der Waals surface area contributed by atoms with Crippen LogP contribution < -0.4 is 0 Å². The van der Waals surface area contributed by atoms with Gasteiger partial charge in [0.1, 0.15) is 6.26 Å². The number of hydrogen-bond donors (Lipinski definition) is 0. The van der Waals surface area contributed by atoms with Gasteiger partial charge in [0, 0.05) is 0 Å². The Balaban J connectivity index is 1.91. The molecule has 17 heavy (non-hydrogen) atoms. The molecule has 2 aromatic rings. The maximum absolute atomic E-state index is 9.01. The lowest BCUT2D eigenvalue weighted by Crippen LogP contribution is -1.90. The molecule has 0 N–H and O–H groups in total. The van der Waals surface area contributed by atoms with Gasteiger partial charge >= 0.3 is 0 Å². The molecule has 0 radical (unpaired) electrons. The lowest BCUT2D eigenvalue weighted by molar-refractivity contribution is 0.368. The summed E-state index contributed by atoms with van der Waals surface area (Å²) in [5, 5.41) is 12.9. The van der Waals surface area contributed by atoms with E-state index in [1.165, 1.54) is 0 Å². The third kappa shape index (κ3) is 1.37. The molecule has 2 unspecified atom stereocenters. The Morgan fingerprint density at radius 1 is 1.47 bits per heavy atom. The Kier molecular flexibility index (Phi) is 1.90. The predicted octanol–water partition coefficient (Wildman–Crippen LogP) is 2.59. The molecule has 0 amide bonds. The average Bonchev–Trinajstić information content (AvgIpc) is 2.79. The molecule has 0 aromatic carbocycles. The van der Waals surface area contributed by atoms with E-state index in [1.54, 1.807) is 18.6 Å². The van der Waals surface area contributed by atoms with Crippen molar-refractivity contribution in [1.82, 2.24) is 10.1 Å². The van der Waals surface area contributed by atoms with Crippen molar-refractivity contribution >= 4 is 0 Å². The number of aromatic nitrogens is 2. The van der Waals surface area contributed by atoms with Gasteiger partial charge in [0.05, 0.1) is 29.7 Å². The zero-order valence-electron chi connectivity index (χ0n) is 9.54.